The van der Waals surface area contributed by atoms with Crippen LogP contribution < -0.4 is 0 Å². The minimum absolute atomic E-state index is 0.0124. The van der Waals surface area contributed by atoms with Gasteiger partial charge >= 0.3 is 5.97 Å². The standard InChI is InChI=1S/C21H32O3/c1-13-11-20-8-7-15-18(2,3)21(24,17(22)23)10-9-19(15,4)16(20)6-5-14(13)12-20/h9-10,13-16,24H,5-8,11-12H2,1-4H3,(H,22,23)/t13-,14-,15+,16-,19+,20+,21-/m1/s1. The number of aliphatic carboxylic acids is 1. The zero-order chi connectivity index (χ0) is 17.5. The third kappa shape index (κ3) is 1.75. The highest BCUT2D eigenvalue weighted by Gasteiger charge is 2.67. The van der Waals surface area contributed by atoms with Gasteiger partial charge in [0.15, 0.2) is 5.60 Å². The van der Waals surface area contributed by atoms with E-state index in [1.165, 1.54) is 32.1 Å². The maximum Gasteiger partial charge on any atom is 0.340 e. The van der Waals surface area contributed by atoms with Crippen LogP contribution in [0.5, 0.6) is 0 Å². The second-order valence-corrected chi connectivity index (χ2v) is 10.2. The molecule has 2 bridgehead atoms. The van der Waals surface area contributed by atoms with Crippen LogP contribution in [0, 0.1) is 39.9 Å². The van der Waals surface area contributed by atoms with Crippen molar-refractivity contribution in [2.45, 2.75) is 71.8 Å². The minimum Gasteiger partial charge on any atom is -0.479 e. The van der Waals surface area contributed by atoms with Crippen LogP contribution in [0.1, 0.15) is 66.2 Å². The van der Waals surface area contributed by atoms with E-state index in [4.69, 9.17) is 0 Å². The number of carboxylic acid groups (broad SMARTS) is 1. The number of fused-ring (bicyclic) bond motifs is 3. The van der Waals surface area contributed by atoms with Gasteiger partial charge in [0.25, 0.3) is 0 Å². The summed E-state index contributed by atoms with van der Waals surface area (Å²) >= 11 is 0. The molecule has 0 aromatic rings. The average molecular weight is 332 g/mol. The van der Waals surface area contributed by atoms with Crippen molar-refractivity contribution in [3.63, 3.8) is 0 Å². The zero-order valence-corrected chi connectivity index (χ0v) is 15.5. The fourth-order valence-electron chi connectivity index (χ4n) is 7.81. The van der Waals surface area contributed by atoms with Crippen molar-refractivity contribution in [2.75, 3.05) is 0 Å². The molecule has 4 aliphatic carbocycles. The van der Waals surface area contributed by atoms with E-state index < -0.39 is 17.0 Å². The summed E-state index contributed by atoms with van der Waals surface area (Å²) in [4.78, 5) is 11.8. The Kier molecular flexibility index (Phi) is 3.23. The SMILES string of the molecule is C[C@@H]1C[C@]23CC[C@H]4C(C)(C)[C@](O)(C(=O)O)C=C[C@]4(C)[C@H]2CC[C@@H]1C3. The Morgan fingerprint density at radius 1 is 1.04 bits per heavy atom. The predicted molar refractivity (Wildman–Crippen MR) is 93.4 cm³/mol. The highest BCUT2D eigenvalue weighted by Crippen LogP contribution is 2.71. The van der Waals surface area contributed by atoms with Crippen LogP contribution in [0.2, 0.25) is 0 Å². The molecule has 3 heteroatoms. The highest BCUT2D eigenvalue weighted by atomic mass is 16.4. The maximum absolute atomic E-state index is 11.8. The smallest absolute Gasteiger partial charge is 0.340 e. The van der Waals surface area contributed by atoms with E-state index in [-0.39, 0.29) is 11.3 Å². The lowest BCUT2D eigenvalue weighted by Crippen LogP contribution is -2.63. The van der Waals surface area contributed by atoms with Crippen molar-refractivity contribution in [1.82, 2.24) is 0 Å². The van der Waals surface area contributed by atoms with Crippen LogP contribution in [0.4, 0.5) is 0 Å². The third-order valence-corrected chi connectivity index (χ3v) is 9.06. The first kappa shape index (κ1) is 16.6. The lowest BCUT2D eigenvalue weighted by molar-refractivity contribution is -0.189. The molecule has 0 aromatic heterocycles. The van der Waals surface area contributed by atoms with Crippen LogP contribution in [0.25, 0.3) is 0 Å². The number of hydrogen-bond donors (Lipinski definition) is 2. The number of allylic oxidation sites excluding steroid dienone is 1. The van der Waals surface area contributed by atoms with Gasteiger partial charge in [-0.05, 0) is 79.1 Å². The van der Waals surface area contributed by atoms with Gasteiger partial charge in [-0.3, -0.25) is 0 Å². The molecule has 0 amide bonds. The number of carbonyl (C=O) groups is 1. The Labute approximate surface area is 145 Å². The molecular weight excluding hydrogens is 300 g/mol. The van der Waals surface area contributed by atoms with Crippen LogP contribution in [-0.4, -0.2) is 21.8 Å². The van der Waals surface area contributed by atoms with E-state index in [2.05, 4.69) is 19.9 Å². The topological polar surface area (TPSA) is 57.5 Å². The Morgan fingerprint density at radius 2 is 1.75 bits per heavy atom. The van der Waals surface area contributed by atoms with Crippen molar-refractivity contribution in [3.05, 3.63) is 12.2 Å². The molecule has 134 valence electrons. The normalized spacial score (nSPS) is 54.9. The summed E-state index contributed by atoms with van der Waals surface area (Å²) in [6.07, 6.45) is 11.3. The van der Waals surface area contributed by atoms with Gasteiger partial charge in [-0.15, -0.1) is 0 Å². The van der Waals surface area contributed by atoms with E-state index in [0.29, 0.717) is 11.3 Å². The van der Waals surface area contributed by atoms with Gasteiger partial charge in [0, 0.05) is 5.41 Å². The Morgan fingerprint density at radius 3 is 2.42 bits per heavy atom. The molecule has 0 saturated heterocycles. The van der Waals surface area contributed by atoms with E-state index in [1.54, 1.807) is 6.08 Å². The summed E-state index contributed by atoms with van der Waals surface area (Å²) < 4.78 is 0. The van der Waals surface area contributed by atoms with Crippen molar-refractivity contribution >= 4 is 5.97 Å². The zero-order valence-electron chi connectivity index (χ0n) is 15.5. The molecule has 3 saturated carbocycles. The van der Waals surface area contributed by atoms with E-state index in [9.17, 15) is 15.0 Å². The van der Waals surface area contributed by atoms with E-state index >= 15 is 0 Å². The molecule has 7 atom stereocenters. The quantitative estimate of drug-likeness (QED) is 0.706. The Balaban J connectivity index is 1.80. The van der Waals surface area contributed by atoms with Gasteiger partial charge < -0.3 is 10.2 Å². The second kappa shape index (κ2) is 4.66. The van der Waals surface area contributed by atoms with Crippen LogP contribution in [0.3, 0.4) is 0 Å². The molecule has 3 nitrogen and oxygen atoms in total. The molecule has 0 unspecified atom stereocenters. The van der Waals surface area contributed by atoms with Gasteiger partial charge in [0.2, 0.25) is 0 Å². The number of aliphatic hydroxyl groups is 1. The lowest BCUT2D eigenvalue weighted by Gasteiger charge is -2.64. The molecule has 0 aromatic carbocycles. The first-order valence-corrected chi connectivity index (χ1v) is 9.73. The molecule has 1 spiro atoms. The van der Waals surface area contributed by atoms with Crippen LogP contribution >= 0.6 is 0 Å². The van der Waals surface area contributed by atoms with Gasteiger partial charge in [-0.1, -0.05) is 33.8 Å². The molecule has 2 N–H and O–H groups in total. The molecular formula is C21H32O3. The summed E-state index contributed by atoms with van der Waals surface area (Å²) in [5.41, 5.74) is -1.92. The van der Waals surface area contributed by atoms with E-state index in [0.717, 1.165) is 18.3 Å². The van der Waals surface area contributed by atoms with Gasteiger partial charge in [-0.2, -0.15) is 0 Å². The maximum atomic E-state index is 11.8. The molecule has 24 heavy (non-hydrogen) atoms. The molecule has 3 fully saturated rings. The van der Waals surface area contributed by atoms with Gasteiger partial charge in [0.1, 0.15) is 0 Å². The largest absolute Gasteiger partial charge is 0.479 e. The summed E-state index contributed by atoms with van der Waals surface area (Å²) in [6, 6.07) is 0. The number of rotatable bonds is 1. The Hall–Kier alpha value is -0.830. The van der Waals surface area contributed by atoms with Crippen molar-refractivity contribution < 1.29 is 15.0 Å². The highest BCUT2D eigenvalue weighted by molar-refractivity contribution is 5.81. The molecule has 0 radical (unpaired) electrons. The monoisotopic (exact) mass is 332 g/mol. The summed E-state index contributed by atoms with van der Waals surface area (Å²) in [5, 5.41) is 20.6. The summed E-state index contributed by atoms with van der Waals surface area (Å²) in [7, 11) is 0. The van der Waals surface area contributed by atoms with Gasteiger partial charge in [0.05, 0.1) is 0 Å². The molecule has 0 aliphatic heterocycles. The minimum atomic E-state index is -1.75. The molecule has 4 rings (SSSR count). The fraction of sp³-hybridized carbons (Fsp3) is 0.857. The van der Waals surface area contributed by atoms with Crippen molar-refractivity contribution in [1.29, 1.82) is 0 Å². The first-order valence-electron chi connectivity index (χ1n) is 9.73. The van der Waals surface area contributed by atoms with E-state index in [1.807, 2.05) is 13.8 Å². The van der Waals surface area contributed by atoms with Crippen LogP contribution in [-0.2, 0) is 4.79 Å². The van der Waals surface area contributed by atoms with Gasteiger partial charge in [-0.25, -0.2) is 4.79 Å². The number of hydrogen-bond acceptors (Lipinski definition) is 2. The molecule has 4 aliphatic rings. The summed E-state index contributed by atoms with van der Waals surface area (Å²) in [6.45, 7) is 8.72. The fourth-order valence-corrected chi connectivity index (χ4v) is 7.81. The first-order chi connectivity index (χ1) is 11.1. The Bertz CT molecular complexity index is 604. The second-order valence-electron chi connectivity index (χ2n) is 10.2. The summed E-state index contributed by atoms with van der Waals surface area (Å²) in [5.74, 6) is 1.49. The number of carboxylic acids is 1. The lowest BCUT2D eigenvalue weighted by atomic mass is 9.41. The molecule has 0 heterocycles. The van der Waals surface area contributed by atoms with Crippen molar-refractivity contribution in [2.24, 2.45) is 39.9 Å². The third-order valence-electron chi connectivity index (χ3n) is 9.06. The van der Waals surface area contributed by atoms with Crippen molar-refractivity contribution in [3.8, 4) is 0 Å². The average Bonchev–Trinajstić information content (AvgIpc) is 2.72. The van der Waals surface area contributed by atoms with Crippen LogP contribution in [0.15, 0.2) is 12.2 Å². The predicted octanol–water partition coefficient (Wildman–Crippen LogP) is 4.26.